The van der Waals surface area contributed by atoms with Gasteiger partial charge in [-0.15, -0.1) is 5.10 Å². The molecule has 1 atom stereocenters. The highest BCUT2D eigenvalue weighted by Gasteiger charge is 2.24. The minimum atomic E-state index is -0.325. The van der Waals surface area contributed by atoms with Crippen LogP contribution in [0.2, 0.25) is 10.0 Å². The maximum Gasteiger partial charge on any atom is 0.231 e. The van der Waals surface area contributed by atoms with Crippen LogP contribution in [0.3, 0.4) is 0 Å². The van der Waals surface area contributed by atoms with Gasteiger partial charge in [0.25, 0.3) is 0 Å². The van der Waals surface area contributed by atoms with E-state index in [4.69, 9.17) is 28.3 Å². The first-order valence-electron chi connectivity index (χ1n) is 7.32. The van der Waals surface area contributed by atoms with Crippen LogP contribution in [0, 0.1) is 6.92 Å². The normalized spacial score (nSPS) is 16.2. The third kappa shape index (κ3) is 2.96. The van der Waals surface area contributed by atoms with Crippen LogP contribution < -0.4 is 3.53 Å². The number of fused-ring (bicyclic) bond motifs is 1. The highest BCUT2D eigenvalue weighted by molar-refractivity contribution is 14.2. The van der Waals surface area contributed by atoms with Crippen LogP contribution in [-0.2, 0) is 0 Å². The molecule has 2 aromatic carbocycles. The molecule has 1 N–H and O–H groups in total. The summed E-state index contributed by atoms with van der Waals surface area (Å²) < 4.78 is 7.47. The minimum Gasteiger partial charge on any atom is -0.302 e. The molecule has 4 nitrogen and oxygen atoms in total. The summed E-state index contributed by atoms with van der Waals surface area (Å²) in [5.41, 5.74) is 3.16. The molecule has 4 rings (SSSR count). The Bertz CT molecular complexity index is 934. The molecule has 0 spiro atoms. The van der Waals surface area contributed by atoms with Crippen molar-refractivity contribution < 1.29 is 0 Å². The van der Waals surface area contributed by atoms with Crippen LogP contribution >= 0.6 is 44.2 Å². The van der Waals surface area contributed by atoms with E-state index in [1.54, 1.807) is 6.07 Å². The van der Waals surface area contributed by atoms with Gasteiger partial charge in [-0.3, -0.25) is 0 Å². The van der Waals surface area contributed by atoms with Crippen molar-refractivity contribution in [3.8, 4) is 11.4 Å². The zero-order chi connectivity index (χ0) is 16.7. The smallest absolute Gasteiger partial charge is 0.231 e. The van der Waals surface area contributed by atoms with E-state index in [9.17, 15) is 0 Å². The first-order chi connectivity index (χ1) is 11.6. The molecule has 1 unspecified atom stereocenters. The molecule has 7 heteroatoms. The molecule has 0 saturated heterocycles. The van der Waals surface area contributed by atoms with Crippen molar-refractivity contribution in [2.75, 3.05) is 3.53 Å². The Morgan fingerprint density at radius 2 is 1.92 bits per heavy atom. The second kappa shape index (κ2) is 6.46. The fourth-order valence-electron chi connectivity index (χ4n) is 2.54. The maximum absolute atomic E-state index is 6.39. The van der Waals surface area contributed by atoms with Gasteiger partial charge >= 0.3 is 0 Å². The molecule has 1 aliphatic heterocycles. The van der Waals surface area contributed by atoms with Crippen molar-refractivity contribution >= 4 is 54.2 Å². The number of rotatable bonds is 2. The van der Waals surface area contributed by atoms with Gasteiger partial charge in [0, 0.05) is 21.2 Å². The molecule has 0 fully saturated rings. The van der Waals surface area contributed by atoms with E-state index in [0.717, 1.165) is 17.1 Å². The van der Waals surface area contributed by atoms with E-state index >= 15 is 0 Å². The van der Waals surface area contributed by atoms with Crippen LogP contribution in [0.25, 0.3) is 11.4 Å². The molecule has 0 radical (unpaired) electrons. The molecule has 0 amide bonds. The van der Waals surface area contributed by atoms with Crippen molar-refractivity contribution in [3.05, 3.63) is 63.6 Å². The van der Waals surface area contributed by atoms with Crippen LogP contribution in [0.5, 0.6) is 0 Å². The number of nitrogens with zero attached hydrogens (tertiary/aromatic N) is 3. The lowest BCUT2D eigenvalue weighted by molar-refractivity contribution is 0.662. The fourth-order valence-corrected chi connectivity index (χ4v) is 4.81. The first kappa shape index (κ1) is 16.1. The Kier molecular flexibility index (Phi) is 4.32. The van der Waals surface area contributed by atoms with Crippen molar-refractivity contribution in [3.63, 3.8) is 0 Å². The Labute approximate surface area is 159 Å². The zero-order valence-electron chi connectivity index (χ0n) is 12.7. The Balaban J connectivity index is 1.79. The predicted octanol–water partition coefficient (Wildman–Crippen LogP) is 5.26. The topological polar surface area (TPSA) is 42.7 Å². The van der Waals surface area contributed by atoms with Gasteiger partial charge < -0.3 is 3.53 Å². The minimum absolute atomic E-state index is 0.0491. The molecule has 0 saturated carbocycles. The van der Waals surface area contributed by atoms with E-state index < -0.39 is 0 Å². The number of halogens is 3. The molecule has 3 aromatic rings. The van der Waals surface area contributed by atoms with E-state index in [0.29, 0.717) is 15.9 Å². The van der Waals surface area contributed by atoms with E-state index in [1.807, 2.05) is 28.9 Å². The first-order valence-corrected chi connectivity index (χ1v) is 10.4. The number of nitrogens with one attached hydrogen (secondary N) is 1. The molecule has 24 heavy (non-hydrogen) atoms. The standard InChI is InChI=1S/C17H13Cl2IN4/c1-10-2-4-11(5-3-10)16-21-17-22-20-9-15(24(17)23-16)13-8-12(18)6-7-14(13)19/h2-9,15H,1H3,(H,21,22,23). The largest absolute Gasteiger partial charge is 0.302 e. The average Bonchev–Trinajstić information content (AvgIpc) is 3.02. The summed E-state index contributed by atoms with van der Waals surface area (Å²) in [5, 5.41) is 6.06. The summed E-state index contributed by atoms with van der Waals surface area (Å²) in [7, 11) is 0. The number of anilines is 1. The van der Waals surface area contributed by atoms with Crippen molar-refractivity contribution in [1.82, 2.24) is 14.8 Å². The van der Waals surface area contributed by atoms with Gasteiger partial charge in [0.1, 0.15) is 6.04 Å². The average molecular weight is 471 g/mol. The number of benzene rings is 2. The molecule has 2 heterocycles. The third-order valence-corrected chi connectivity index (χ3v) is 6.22. The highest BCUT2D eigenvalue weighted by atomic mass is 127. The van der Waals surface area contributed by atoms with E-state index in [-0.39, 0.29) is 27.0 Å². The lowest BCUT2D eigenvalue weighted by atomic mass is 10.1. The summed E-state index contributed by atoms with van der Waals surface area (Å²) >= 11 is 12.2. The summed E-state index contributed by atoms with van der Waals surface area (Å²) in [5.74, 6) is 1.49. The lowest BCUT2D eigenvalue weighted by Gasteiger charge is -2.20. The zero-order valence-corrected chi connectivity index (χ0v) is 16.3. The van der Waals surface area contributed by atoms with Crippen molar-refractivity contribution in [2.45, 2.75) is 13.0 Å². The molecule has 0 bridgehead atoms. The fraction of sp³-hybridized carbons (Fsp3) is 0.118. The Hall–Kier alpha value is -1.44. The van der Waals surface area contributed by atoms with Gasteiger partial charge in [-0.1, -0.05) is 53.0 Å². The van der Waals surface area contributed by atoms with Gasteiger partial charge in [0.05, 0.1) is 0 Å². The summed E-state index contributed by atoms with van der Waals surface area (Å²) in [6.07, 6.45) is 0. The van der Waals surface area contributed by atoms with Gasteiger partial charge in [-0.05, 0) is 50.1 Å². The molecular weight excluding hydrogens is 458 g/mol. The molecule has 1 aliphatic rings. The van der Waals surface area contributed by atoms with Gasteiger partial charge in [0.15, 0.2) is 5.82 Å². The number of aromatic nitrogens is 3. The predicted molar refractivity (Wildman–Crippen MR) is 109 cm³/mol. The van der Waals surface area contributed by atoms with Gasteiger partial charge in [-0.25, -0.2) is 4.68 Å². The van der Waals surface area contributed by atoms with Gasteiger partial charge in [0.2, 0.25) is 5.95 Å². The molecule has 122 valence electrons. The Morgan fingerprint density at radius 1 is 1.12 bits per heavy atom. The summed E-state index contributed by atoms with van der Waals surface area (Å²) in [4.78, 5) is 4.65. The second-order valence-electron chi connectivity index (χ2n) is 5.51. The van der Waals surface area contributed by atoms with Crippen LogP contribution in [-0.4, -0.2) is 18.8 Å². The van der Waals surface area contributed by atoms with Crippen LogP contribution in [0.4, 0.5) is 5.95 Å². The second-order valence-corrected chi connectivity index (χ2v) is 8.23. The van der Waals surface area contributed by atoms with E-state index in [1.165, 1.54) is 5.56 Å². The molecule has 0 aliphatic carbocycles. The monoisotopic (exact) mass is 470 g/mol. The van der Waals surface area contributed by atoms with Crippen LogP contribution in [0.15, 0.2) is 42.5 Å². The highest BCUT2D eigenvalue weighted by Crippen LogP contribution is 2.34. The number of hydrogen-bond acceptors (Lipinski definition) is 3. The van der Waals surface area contributed by atoms with Crippen molar-refractivity contribution in [1.29, 1.82) is 0 Å². The molecular formula is C17H13Cl2IN4. The summed E-state index contributed by atoms with van der Waals surface area (Å²) in [6, 6.07) is 13.7. The lowest BCUT2D eigenvalue weighted by Crippen LogP contribution is -2.18. The molecule has 1 aromatic heterocycles. The maximum atomic E-state index is 6.39. The van der Waals surface area contributed by atoms with Crippen LogP contribution in [0.1, 0.15) is 17.2 Å². The quantitative estimate of drug-likeness (QED) is 0.410. The van der Waals surface area contributed by atoms with Gasteiger partial charge in [-0.2, -0.15) is 4.98 Å². The van der Waals surface area contributed by atoms with E-state index in [2.05, 4.69) is 31.6 Å². The Morgan fingerprint density at radius 3 is 2.71 bits per heavy atom. The number of hydrogen-bond donors (Lipinski definition) is 1. The summed E-state index contributed by atoms with van der Waals surface area (Å²) in [6.45, 7) is 2.06. The third-order valence-electron chi connectivity index (χ3n) is 3.80. The van der Waals surface area contributed by atoms with Crippen molar-refractivity contribution in [2.24, 2.45) is 0 Å². The SMILES string of the molecule is Cc1ccc(-c2nc3n(n2)C(c2cc(Cl)ccc2Cl)C=IN3)cc1. The number of aryl methyl sites for hydroxylation is 1.